The average Bonchev–Trinajstić information content (AvgIpc) is 3.10. The predicted molar refractivity (Wildman–Crippen MR) is 116 cm³/mol. The highest BCUT2D eigenvalue weighted by molar-refractivity contribution is 6.30. The van der Waals surface area contributed by atoms with E-state index >= 15 is 0 Å². The number of aryl methyl sites for hydroxylation is 1. The predicted octanol–water partition coefficient (Wildman–Crippen LogP) is 4.44. The Bertz CT molecular complexity index is 1280. The SMILES string of the molecule is C[C@@H]1c2nn(C)c(-c3cccc(Cl)c3)c2CCN1C(=O)c1ccc2nccnc2c1. The summed E-state index contributed by atoms with van der Waals surface area (Å²) in [7, 11) is 1.94. The number of hydrogen-bond acceptors (Lipinski definition) is 4. The van der Waals surface area contributed by atoms with Gasteiger partial charge in [0.1, 0.15) is 0 Å². The van der Waals surface area contributed by atoms with E-state index in [0.717, 1.165) is 34.4 Å². The summed E-state index contributed by atoms with van der Waals surface area (Å²) in [5.74, 6) is -0.0179. The molecule has 5 rings (SSSR count). The lowest BCUT2D eigenvalue weighted by Crippen LogP contribution is -2.38. The van der Waals surface area contributed by atoms with E-state index in [0.29, 0.717) is 17.1 Å². The molecule has 150 valence electrons. The fourth-order valence-corrected chi connectivity index (χ4v) is 4.47. The van der Waals surface area contributed by atoms with E-state index in [9.17, 15) is 4.79 Å². The Kier molecular flexibility index (Phi) is 4.51. The monoisotopic (exact) mass is 417 g/mol. The molecule has 7 heteroatoms. The normalized spacial score (nSPS) is 16.0. The van der Waals surface area contributed by atoms with Gasteiger partial charge in [0, 0.05) is 47.7 Å². The Balaban J connectivity index is 1.50. The largest absolute Gasteiger partial charge is 0.330 e. The highest BCUT2D eigenvalue weighted by atomic mass is 35.5. The minimum Gasteiger partial charge on any atom is -0.330 e. The number of carbonyl (C=O) groups is 1. The van der Waals surface area contributed by atoms with E-state index in [1.165, 1.54) is 5.56 Å². The molecule has 1 aliphatic rings. The first kappa shape index (κ1) is 18.8. The molecule has 0 aliphatic carbocycles. The second kappa shape index (κ2) is 7.22. The number of nitrogens with zero attached hydrogens (tertiary/aromatic N) is 5. The van der Waals surface area contributed by atoms with Crippen LogP contribution in [-0.4, -0.2) is 37.1 Å². The van der Waals surface area contributed by atoms with Gasteiger partial charge in [-0.2, -0.15) is 5.10 Å². The van der Waals surface area contributed by atoms with Crippen molar-refractivity contribution in [3.05, 3.63) is 76.7 Å². The van der Waals surface area contributed by atoms with Crippen molar-refractivity contribution in [2.24, 2.45) is 7.05 Å². The van der Waals surface area contributed by atoms with Crippen molar-refractivity contribution >= 4 is 28.5 Å². The first-order chi connectivity index (χ1) is 14.5. The molecular formula is C23H20ClN5O. The van der Waals surface area contributed by atoms with Crippen molar-refractivity contribution < 1.29 is 4.79 Å². The number of benzene rings is 2. The molecule has 4 aromatic rings. The van der Waals surface area contributed by atoms with Crippen LogP contribution in [0.3, 0.4) is 0 Å². The summed E-state index contributed by atoms with van der Waals surface area (Å²) in [5.41, 5.74) is 6.33. The van der Waals surface area contributed by atoms with Gasteiger partial charge in [-0.3, -0.25) is 19.4 Å². The molecule has 2 aromatic carbocycles. The van der Waals surface area contributed by atoms with Gasteiger partial charge in [0.25, 0.3) is 5.91 Å². The van der Waals surface area contributed by atoms with Crippen LogP contribution < -0.4 is 0 Å². The number of rotatable bonds is 2. The van der Waals surface area contributed by atoms with Gasteiger partial charge in [-0.15, -0.1) is 0 Å². The van der Waals surface area contributed by atoms with Gasteiger partial charge < -0.3 is 4.90 Å². The second-order valence-electron chi connectivity index (χ2n) is 7.53. The minimum absolute atomic E-state index is 0.0179. The van der Waals surface area contributed by atoms with Gasteiger partial charge in [-0.05, 0) is 43.7 Å². The van der Waals surface area contributed by atoms with Gasteiger partial charge in [0.2, 0.25) is 0 Å². The fourth-order valence-electron chi connectivity index (χ4n) is 4.28. The Morgan fingerprint density at radius 3 is 2.70 bits per heavy atom. The Morgan fingerprint density at radius 1 is 1.10 bits per heavy atom. The van der Waals surface area contributed by atoms with Gasteiger partial charge in [-0.25, -0.2) is 0 Å². The average molecular weight is 418 g/mol. The maximum atomic E-state index is 13.3. The van der Waals surface area contributed by atoms with Gasteiger partial charge in [0.05, 0.1) is 28.5 Å². The zero-order valence-electron chi connectivity index (χ0n) is 16.7. The molecule has 0 saturated carbocycles. The number of fused-ring (bicyclic) bond motifs is 2. The molecule has 2 aromatic heterocycles. The molecule has 0 radical (unpaired) electrons. The van der Waals surface area contributed by atoms with Crippen molar-refractivity contribution in [2.45, 2.75) is 19.4 Å². The number of amides is 1. The smallest absolute Gasteiger partial charge is 0.254 e. The molecule has 6 nitrogen and oxygen atoms in total. The zero-order chi connectivity index (χ0) is 20.8. The molecule has 0 unspecified atom stereocenters. The van der Waals surface area contributed by atoms with Crippen molar-refractivity contribution in [1.82, 2.24) is 24.6 Å². The van der Waals surface area contributed by atoms with Crippen LogP contribution in [0.15, 0.2) is 54.9 Å². The van der Waals surface area contributed by atoms with Crippen LogP contribution in [0.25, 0.3) is 22.3 Å². The van der Waals surface area contributed by atoms with Crippen molar-refractivity contribution in [3.63, 3.8) is 0 Å². The lowest BCUT2D eigenvalue weighted by Gasteiger charge is -2.33. The van der Waals surface area contributed by atoms with Crippen molar-refractivity contribution in [2.75, 3.05) is 6.54 Å². The fraction of sp³-hybridized carbons (Fsp3) is 0.217. The van der Waals surface area contributed by atoms with Crippen LogP contribution >= 0.6 is 11.6 Å². The Morgan fingerprint density at radius 2 is 1.90 bits per heavy atom. The maximum Gasteiger partial charge on any atom is 0.254 e. The lowest BCUT2D eigenvalue weighted by molar-refractivity contribution is 0.0674. The molecule has 1 atom stereocenters. The van der Waals surface area contributed by atoms with Crippen LogP contribution in [0, 0.1) is 0 Å². The van der Waals surface area contributed by atoms with Crippen LogP contribution in [0.1, 0.15) is 34.6 Å². The third kappa shape index (κ3) is 3.04. The third-order valence-electron chi connectivity index (χ3n) is 5.72. The summed E-state index contributed by atoms with van der Waals surface area (Å²) < 4.78 is 1.90. The van der Waals surface area contributed by atoms with Crippen LogP contribution in [0.2, 0.25) is 5.02 Å². The third-order valence-corrected chi connectivity index (χ3v) is 5.95. The molecular weight excluding hydrogens is 398 g/mol. The summed E-state index contributed by atoms with van der Waals surface area (Å²) in [4.78, 5) is 23.8. The van der Waals surface area contributed by atoms with Crippen LogP contribution in [-0.2, 0) is 13.5 Å². The molecule has 0 N–H and O–H groups in total. The molecule has 0 saturated heterocycles. The molecule has 0 bridgehead atoms. The highest BCUT2D eigenvalue weighted by Crippen LogP contribution is 2.36. The summed E-state index contributed by atoms with van der Waals surface area (Å²) in [6.07, 6.45) is 4.03. The van der Waals surface area contributed by atoms with Crippen molar-refractivity contribution in [1.29, 1.82) is 0 Å². The highest BCUT2D eigenvalue weighted by Gasteiger charge is 2.33. The van der Waals surface area contributed by atoms with E-state index in [1.54, 1.807) is 12.4 Å². The van der Waals surface area contributed by atoms with Gasteiger partial charge in [0.15, 0.2) is 0 Å². The van der Waals surface area contributed by atoms with E-state index in [-0.39, 0.29) is 11.9 Å². The minimum atomic E-state index is -0.127. The van der Waals surface area contributed by atoms with Crippen LogP contribution in [0.5, 0.6) is 0 Å². The summed E-state index contributed by atoms with van der Waals surface area (Å²) in [6, 6.07) is 13.1. The first-order valence-electron chi connectivity index (χ1n) is 9.86. The molecule has 0 fully saturated rings. The molecule has 0 spiro atoms. The molecule has 1 amide bonds. The molecule has 1 aliphatic heterocycles. The first-order valence-corrected chi connectivity index (χ1v) is 10.2. The summed E-state index contributed by atoms with van der Waals surface area (Å²) in [6.45, 7) is 2.66. The molecule has 30 heavy (non-hydrogen) atoms. The number of hydrogen-bond donors (Lipinski definition) is 0. The van der Waals surface area contributed by atoms with E-state index in [4.69, 9.17) is 16.7 Å². The Hall–Kier alpha value is -3.25. The van der Waals surface area contributed by atoms with Gasteiger partial charge in [-0.1, -0.05) is 23.7 Å². The topological polar surface area (TPSA) is 63.9 Å². The standard InChI is InChI=1S/C23H20ClN5O/c1-14-21-18(22(28(2)27-21)15-4-3-5-17(24)12-15)8-11-29(14)23(30)16-6-7-19-20(13-16)26-10-9-25-19/h3-7,9-10,12-14H,8,11H2,1-2H3/t14-/m1/s1. The lowest BCUT2D eigenvalue weighted by atomic mass is 9.95. The van der Waals surface area contributed by atoms with Gasteiger partial charge >= 0.3 is 0 Å². The van der Waals surface area contributed by atoms with E-state index in [1.807, 2.05) is 66.0 Å². The number of aromatic nitrogens is 4. The Labute approximate surface area is 179 Å². The molecule has 3 heterocycles. The quantitative estimate of drug-likeness (QED) is 0.483. The second-order valence-corrected chi connectivity index (χ2v) is 7.97. The van der Waals surface area contributed by atoms with E-state index in [2.05, 4.69) is 9.97 Å². The summed E-state index contributed by atoms with van der Waals surface area (Å²) >= 11 is 6.21. The zero-order valence-corrected chi connectivity index (χ0v) is 17.5. The maximum absolute atomic E-state index is 13.3. The number of halogens is 1. The summed E-state index contributed by atoms with van der Waals surface area (Å²) in [5, 5.41) is 5.47. The van der Waals surface area contributed by atoms with Crippen molar-refractivity contribution in [3.8, 4) is 11.3 Å². The number of carbonyl (C=O) groups excluding carboxylic acids is 1. The van der Waals surface area contributed by atoms with E-state index < -0.39 is 0 Å². The van der Waals surface area contributed by atoms with Crippen LogP contribution in [0.4, 0.5) is 0 Å².